The van der Waals surface area contributed by atoms with Crippen LogP contribution < -0.4 is 4.90 Å². The molecule has 2 heteroatoms. The molecule has 4 aromatic carbocycles. The predicted octanol–water partition coefficient (Wildman–Crippen LogP) is 8.53. The quantitative estimate of drug-likeness (QED) is 0.211. The van der Waals surface area contributed by atoms with Gasteiger partial charge in [-0.15, -0.1) is 0 Å². The first-order valence-electron chi connectivity index (χ1n) is 14.1. The van der Waals surface area contributed by atoms with E-state index in [1.807, 2.05) is 0 Å². The Kier molecular flexibility index (Phi) is 8.88. The molecule has 0 amide bonds. The summed E-state index contributed by atoms with van der Waals surface area (Å²) in [7, 11) is 0. The summed E-state index contributed by atoms with van der Waals surface area (Å²) in [6.07, 6.45) is 9.31. The Bertz CT molecular complexity index is 1390. The van der Waals surface area contributed by atoms with Crippen LogP contribution >= 0.6 is 0 Å². The van der Waals surface area contributed by atoms with Gasteiger partial charge in [-0.3, -0.25) is 4.90 Å². The largest absolute Gasteiger partial charge is 0.367 e. The van der Waals surface area contributed by atoms with Crippen LogP contribution in [0.3, 0.4) is 0 Å². The van der Waals surface area contributed by atoms with E-state index < -0.39 is 0 Å². The highest BCUT2D eigenvalue weighted by atomic mass is 15.1. The predicted molar refractivity (Wildman–Crippen MR) is 167 cm³/mol. The summed E-state index contributed by atoms with van der Waals surface area (Å²) in [5.74, 6) is 0. The van der Waals surface area contributed by atoms with Crippen molar-refractivity contribution < 1.29 is 0 Å². The molecular formula is C37H38N2. The van der Waals surface area contributed by atoms with Crippen LogP contribution in [0.4, 0.5) is 5.69 Å². The van der Waals surface area contributed by atoms with Crippen molar-refractivity contribution >= 4 is 11.3 Å². The van der Waals surface area contributed by atoms with Crippen molar-refractivity contribution in [1.82, 2.24) is 4.90 Å². The van der Waals surface area contributed by atoms with Crippen LogP contribution in [0, 0.1) is 0 Å². The lowest BCUT2D eigenvalue weighted by atomic mass is 9.90. The SMILES string of the molecule is CCN(Cc1ccccc1)c1ccc(C(=C2C=CC(N(CC)Cc3ccccc3)C=C2)c2ccccc2)cc1. The third-order valence-corrected chi connectivity index (χ3v) is 7.47. The van der Waals surface area contributed by atoms with Crippen LogP contribution in [0.2, 0.25) is 0 Å². The first-order chi connectivity index (χ1) is 19.2. The van der Waals surface area contributed by atoms with Crippen LogP contribution in [-0.4, -0.2) is 24.0 Å². The van der Waals surface area contributed by atoms with Crippen molar-refractivity contribution in [3.8, 4) is 0 Å². The second kappa shape index (κ2) is 13.1. The molecule has 0 aliphatic heterocycles. The molecule has 4 aromatic rings. The summed E-state index contributed by atoms with van der Waals surface area (Å²) < 4.78 is 0. The second-order valence-corrected chi connectivity index (χ2v) is 10.0. The highest BCUT2D eigenvalue weighted by Gasteiger charge is 2.17. The molecule has 0 heterocycles. The molecule has 0 bridgehead atoms. The van der Waals surface area contributed by atoms with Gasteiger partial charge in [0.15, 0.2) is 0 Å². The van der Waals surface area contributed by atoms with Crippen LogP contribution in [-0.2, 0) is 13.1 Å². The zero-order chi connectivity index (χ0) is 26.9. The van der Waals surface area contributed by atoms with E-state index in [1.54, 1.807) is 0 Å². The number of allylic oxidation sites excluding steroid dienone is 3. The van der Waals surface area contributed by atoms with E-state index >= 15 is 0 Å². The van der Waals surface area contributed by atoms with Crippen molar-refractivity contribution in [2.24, 2.45) is 0 Å². The molecule has 0 spiro atoms. The number of likely N-dealkylation sites (N-methyl/N-ethyl adjacent to an activating group) is 1. The highest BCUT2D eigenvalue weighted by Crippen LogP contribution is 2.32. The number of benzene rings is 4. The summed E-state index contributed by atoms with van der Waals surface area (Å²) in [5, 5.41) is 0. The van der Waals surface area contributed by atoms with E-state index in [2.05, 4.69) is 163 Å². The summed E-state index contributed by atoms with van der Waals surface area (Å²) in [6.45, 7) is 8.28. The van der Waals surface area contributed by atoms with E-state index in [0.717, 1.165) is 26.2 Å². The topological polar surface area (TPSA) is 6.48 Å². The van der Waals surface area contributed by atoms with Crippen LogP contribution in [0.5, 0.6) is 0 Å². The van der Waals surface area contributed by atoms with Crippen molar-refractivity contribution in [2.45, 2.75) is 33.0 Å². The number of hydrogen-bond donors (Lipinski definition) is 0. The number of hydrogen-bond acceptors (Lipinski definition) is 2. The minimum absolute atomic E-state index is 0.287. The zero-order valence-electron chi connectivity index (χ0n) is 23.1. The maximum atomic E-state index is 2.50. The lowest BCUT2D eigenvalue weighted by Crippen LogP contribution is -2.32. The Hall–Kier alpha value is -4.14. The van der Waals surface area contributed by atoms with E-state index in [9.17, 15) is 0 Å². The van der Waals surface area contributed by atoms with E-state index in [-0.39, 0.29) is 6.04 Å². The fraction of sp³-hybridized carbons (Fsp3) is 0.189. The van der Waals surface area contributed by atoms with Gasteiger partial charge in [0.25, 0.3) is 0 Å². The zero-order valence-corrected chi connectivity index (χ0v) is 23.1. The molecule has 0 unspecified atom stereocenters. The lowest BCUT2D eigenvalue weighted by molar-refractivity contribution is 0.264. The van der Waals surface area contributed by atoms with Gasteiger partial charge in [0.2, 0.25) is 0 Å². The molecule has 0 aromatic heterocycles. The van der Waals surface area contributed by atoms with Gasteiger partial charge in [0, 0.05) is 31.4 Å². The second-order valence-electron chi connectivity index (χ2n) is 10.0. The van der Waals surface area contributed by atoms with E-state index in [0.29, 0.717) is 0 Å². The van der Waals surface area contributed by atoms with Gasteiger partial charge in [-0.05, 0) is 59.0 Å². The van der Waals surface area contributed by atoms with Crippen molar-refractivity contribution in [2.75, 3.05) is 18.0 Å². The Morgan fingerprint density at radius 2 is 1.08 bits per heavy atom. The minimum Gasteiger partial charge on any atom is -0.367 e. The maximum Gasteiger partial charge on any atom is 0.0471 e. The molecule has 196 valence electrons. The number of rotatable bonds is 10. The Labute approximate surface area is 234 Å². The molecule has 1 aliphatic rings. The number of nitrogens with zero attached hydrogens (tertiary/aromatic N) is 2. The highest BCUT2D eigenvalue weighted by molar-refractivity contribution is 5.86. The van der Waals surface area contributed by atoms with E-state index in [1.165, 1.54) is 39.1 Å². The molecule has 2 nitrogen and oxygen atoms in total. The fourth-order valence-corrected chi connectivity index (χ4v) is 5.31. The average molecular weight is 511 g/mol. The van der Waals surface area contributed by atoms with Gasteiger partial charge in [-0.2, -0.15) is 0 Å². The molecule has 1 aliphatic carbocycles. The Morgan fingerprint density at radius 1 is 0.564 bits per heavy atom. The first-order valence-corrected chi connectivity index (χ1v) is 14.1. The van der Waals surface area contributed by atoms with Crippen LogP contribution in [0.25, 0.3) is 5.57 Å². The standard InChI is InChI=1S/C37H38N2/c1-3-38(28-30-14-8-5-9-15-30)35-24-20-33(21-25-35)37(32-18-12-7-13-19-32)34-22-26-36(27-23-34)39(4-2)29-31-16-10-6-11-17-31/h5-27,35H,3-4,28-29H2,1-2H3. The molecule has 39 heavy (non-hydrogen) atoms. The minimum atomic E-state index is 0.287. The molecule has 0 fully saturated rings. The van der Waals surface area contributed by atoms with Crippen molar-refractivity contribution in [1.29, 1.82) is 0 Å². The molecule has 0 saturated heterocycles. The van der Waals surface area contributed by atoms with Gasteiger partial charge in [-0.1, -0.05) is 134 Å². The van der Waals surface area contributed by atoms with Crippen LogP contribution in [0.15, 0.2) is 145 Å². The number of anilines is 1. The smallest absolute Gasteiger partial charge is 0.0471 e. The maximum absolute atomic E-state index is 2.50. The molecule has 0 N–H and O–H groups in total. The molecular weight excluding hydrogens is 472 g/mol. The average Bonchev–Trinajstić information content (AvgIpc) is 3.01. The monoisotopic (exact) mass is 510 g/mol. The van der Waals surface area contributed by atoms with Gasteiger partial charge in [-0.25, -0.2) is 0 Å². The Morgan fingerprint density at radius 3 is 1.62 bits per heavy atom. The van der Waals surface area contributed by atoms with Gasteiger partial charge >= 0.3 is 0 Å². The molecule has 0 radical (unpaired) electrons. The molecule has 5 rings (SSSR count). The normalized spacial score (nSPS) is 14.5. The summed E-state index contributed by atoms with van der Waals surface area (Å²) in [4.78, 5) is 4.92. The van der Waals surface area contributed by atoms with Crippen molar-refractivity contribution in [3.05, 3.63) is 167 Å². The Balaban J connectivity index is 1.41. The summed E-state index contributed by atoms with van der Waals surface area (Å²) >= 11 is 0. The lowest BCUT2D eigenvalue weighted by Gasteiger charge is -2.28. The van der Waals surface area contributed by atoms with Gasteiger partial charge in [0.1, 0.15) is 0 Å². The van der Waals surface area contributed by atoms with E-state index in [4.69, 9.17) is 0 Å². The first kappa shape index (κ1) is 26.5. The third kappa shape index (κ3) is 6.66. The van der Waals surface area contributed by atoms with Crippen molar-refractivity contribution in [3.63, 3.8) is 0 Å². The molecule has 0 atom stereocenters. The van der Waals surface area contributed by atoms with Gasteiger partial charge in [0.05, 0.1) is 0 Å². The van der Waals surface area contributed by atoms with Gasteiger partial charge < -0.3 is 4.90 Å². The van der Waals surface area contributed by atoms with Crippen LogP contribution in [0.1, 0.15) is 36.1 Å². The summed E-state index contributed by atoms with van der Waals surface area (Å²) in [6, 6.07) is 41.6. The molecule has 0 saturated carbocycles. The fourth-order valence-electron chi connectivity index (χ4n) is 5.31. The summed E-state index contributed by atoms with van der Waals surface area (Å²) in [5.41, 5.74) is 8.91. The third-order valence-electron chi connectivity index (χ3n) is 7.47.